The minimum absolute atomic E-state index is 0.198. The minimum atomic E-state index is -0.198. The topological polar surface area (TPSA) is 46.4 Å². The van der Waals surface area contributed by atoms with E-state index in [0.29, 0.717) is 5.56 Å². The molecule has 0 bridgehead atoms. The van der Waals surface area contributed by atoms with Gasteiger partial charge in [-0.3, -0.25) is 4.79 Å². The van der Waals surface area contributed by atoms with Crippen LogP contribution in [0.25, 0.3) is 5.69 Å². The van der Waals surface area contributed by atoms with Gasteiger partial charge in [0.15, 0.2) is 0 Å². The van der Waals surface area contributed by atoms with Gasteiger partial charge in [-0.15, -0.1) is 11.3 Å². The molecule has 1 aromatic carbocycles. The summed E-state index contributed by atoms with van der Waals surface area (Å²) in [6, 6.07) is 13.9. The first-order chi connectivity index (χ1) is 11.6. The summed E-state index contributed by atoms with van der Waals surface area (Å²) in [7, 11) is 0. The maximum atomic E-state index is 12.4. The lowest BCUT2D eigenvalue weighted by atomic mass is 10.2. The lowest BCUT2D eigenvalue weighted by molar-refractivity contribution is 0.0954. The highest BCUT2D eigenvalue weighted by Crippen LogP contribution is 2.20. The number of hydrazone groups is 1. The van der Waals surface area contributed by atoms with Crippen LogP contribution in [0.5, 0.6) is 0 Å². The summed E-state index contributed by atoms with van der Waals surface area (Å²) in [5.41, 5.74) is 7.37. The minimum Gasteiger partial charge on any atom is -0.318 e. The molecule has 0 saturated carbocycles. The lowest BCUT2D eigenvalue weighted by Crippen LogP contribution is -2.18. The fourth-order valence-corrected chi connectivity index (χ4v) is 3.48. The Hall–Kier alpha value is -2.66. The summed E-state index contributed by atoms with van der Waals surface area (Å²) < 4.78 is 2.07. The smallest absolute Gasteiger partial charge is 0.273 e. The van der Waals surface area contributed by atoms with E-state index in [1.807, 2.05) is 68.6 Å². The van der Waals surface area contributed by atoms with E-state index in [0.717, 1.165) is 27.5 Å². The molecule has 24 heavy (non-hydrogen) atoms. The fourth-order valence-electron chi connectivity index (χ4n) is 2.69. The highest BCUT2D eigenvalue weighted by Gasteiger charge is 2.16. The lowest BCUT2D eigenvalue weighted by Gasteiger charge is -2.09. The van der Waals surface area contributed by atoms with Crippen molar-refractivity contribution in [1.29, 1.82) is 0 Å². The number of nitrogens with zero attached hydrogens (tertiary/aromatic N) is 2. The van der Waals surface area contributed by atoms with E-state index < -0.39 is 0 Å². The first-order valence-electron chi connectivity index (χ1n) is 7.70. The number of rotatable bonds is 4. The standard InChI is InChI=1S/C19H19N3OS/c1-13-9-10-24-18(13)12-20-21-19(23)17-11-14(2)22(15(17)3)16-7-5-4-6-8-16/h4-12H,1-3H3,(H,21,23). The molecule has 3 rings (SSSR count). The summed E-state index contributed by atoms with van der Waals surface area (Å²) in [5.74, 6) is -0.198. The molecule has 0 aliphatic rings. The molecule has 2 aromatic heterocycles. The summed E-state index contributed by atoms with van der Waals surface area (Å²) in [5, 5.41) is 6.09. The number of carbonyl (C=O) groups is 1. The maximum absolute atomic E-state index is 12.4. The van der Waals surface area contributed by atoms with Crippen LogP contribution in [0, 0.1) is 20.8 Å². The Morgan fingerprint density at radius 1 is 1.17 bits per heavy atom. The van der Waals surface area contributed by atoms with Crippen molar-refractivity contribution in [2.75, 3.05) is 0 Å². The molecule has 5 heteroatoms. The molecule has 122 valence electrons. The zero-order chi connectivity index (χ0) is 17.1. The second kappa shape index (κ2) is 6.84. The summed E-state index contributed by atoms with van der Waals surface area (Å²) >= 11 is 1.60. The van der Waals surface area contributed by atoms with Crippen molar-refractivity contribution in [3.8, 4) is 5.69 Å². The van der Waals surface area contributed by atoms with Gasteiger partial charge in [-0.25, -0.2) is 5.43 Å². The van der Waals surface area contributed by atoms with Crippen LogP contribution in [0.4, 0.5) is 0 Å². The van der Waals surface area contributed by atoms with Gasteiger partial charge in [-0.1, -0.05) is 18.2 Å². The normalized spacial score (nSPS) is 11.1. The van der Waals surface area contributed by atoms with Crippen LogP contribution >= 0.6 is 11.3 Å². The monoisotopic (exact) mass is 337 g/mol. The van der Waals surface area contributed by atoms with Gasteiger partial charge in [-0.05, 0) is 56.0 Å². The molecular formula is C19H19N3OS. The number of carbonyl (C=O) groups excluding carboxylic acids is 1. The number of hydrogen-bond donors (Lipinski definition) is 1. The molecule has 0 spiro atoms. The third-order valence-corrected chi connectivity index (χ3v) is 4.89. The van der Waals surface area contributed by atoms with Gasteiger partial charge in [0.25, 0.3) is 5.91 Å². The molecule has 0 atom stereocenters. The van der Waals surface area contributed by atoms with Crippen LogP contribution in [-0.4, -0.2) is 16.7 Å². The zero-order valence-corrected chi connectivity index (χ0v) is 14.7. The Balaban J connectivity index is 1.81. The average Bonchev–Trinajstić information content (AvgIpc) is 3.11. The van der Waals surface area contributed by atoms with Crippen LogP contribution in [0.3, 0.4) is 0 Å². The molecule has 3 aromatic rings. The van der Waals surface area contributed by atoms with E-state index in [1.165, 1.54) is 0 Å². The Morgan fingerprint density at radius 3 is 2.58 bits per heavy atom. The molecule has 0 aliphatic carbocycles. The predicted molar refractivity (Wildman–Crippen MR) is 99.4 cm³/mol. The average molecular weight is 337 g/mol. The predicted octanol–water partition coefficient (Wildman–Crippen LogP) is 4.23. The van der Waals surface area contributed by atoms with Gasteiger partial charge >= 0.3 is 0 Å². The zero-order valence-electron chi connectivity index (χ0n) is 13.9. The number of hydrogen-bond acceptors (Lipinski definition) is 3. The van der Waals surface area contributed by atoms with Gasteiger partial charge in [-0.2, -0.15) is 5.10 Å². The van der Waals surface area contributed by atoms with E-state index in [9.17, 15) is 4.79 Å². The second-order valence-corrected chi connectivity index (χ2v) is 6.57. The van der Waals surface area contributed by atoms with Crippen LogP contribution in [-0.2, 0) is 0 Å². The summed E-state index contributed by atoms with van der Waals surface area (Å²) in [6.45, 7) is 5.96. The molecule has 1 N–H and O–H groups in total. The van der Waals surface area contributed by atoms with Gasteiger partial charge in [0.05, 0.1) is 11.8 Å². The van der Waals surface area contributed by atoms with E-state index >= 15 is 0 Å². The van der Waals surface area contributed by atoms with Gasteiger partial charge in [0.1, 0.15) is 0 Å². The van der Waals surface area contributed by atoms with E-state index in [1.54, 1.807) is 17.6 Å². The van der Waals surface area contributed by atoms with Crippen molar-refractivity contribution in [2.24, 2.45) is 5.10 Å². The number of amides is 1. The highest BCUT2D eigenvalue weighted by molar-refractivity contribution is 7.11. The summed E-state index contributed by atoms with van der Waals surface area (Å²) in [6.07, 6.45) is 1.69. The molecule has 0 unspecified atom stereocenters. The second-order valence-electron chi connectivity index (χ2n) is 5.62. The Kier molecular flexibility index (Phi) is 4.62. The van der Waals surface area contributed by atoms with Crippen molar-refractivity contribution in [3.63, 3.8) is 0 Å². The molecule has 4 nitrogen and oxygen atoms in total. The maximum Gasteiger partial charge on any atom is 0.273 e. The molecule has 2 heterocycles. The van der Waals surface area contributed by atoms with Crippen molar-refractivity contribution >= 4 is 23.5 Å². The first-order valence-corrected chi connectivity index (χ1v) is 8.57. The molecule has 0 aliphatic heterocycles. The third kappa shape index (κ3) is 3.16. The molecule has 0 fully saturated rings. The SMILES string of the molecule is Cc1ccsc1C=NNC(=O)c1cc(C)n(-c2ccccc2)c1C. The third-order valence-electron chi connectivity index (χ3n) is 3.94. The molecule has 0 saturated heterocycles. The van der Waals surface area contributed by atoms with E-state index in [4.69, 9.17) is 0 Å². The Labute approximate surface area is 145 Å². The van der Waals surface area contributed by atoms with Gasteiger partial charge < -0.3 is 4.57 Å². The van der Waals surface area contributed by atoms with Gasteiger partial charge in [0.2, 0.25) is 0 Å². The van der Waals surface area contributed by atoms with Crippen molar-refractivity contribution in [2.45, 2.75) is 20.8 Å². The number of aryl methyl sites for hydroxylation is 2. The van der Waals surface area contributed by atoms with Crippen LogP contribution in [0.2, 0.25) is 0 Å². The van der Waals surface area contributed by atoms with Crippen molar-refractivity contribution in [1.82, 2.24) is 9.99 Å². The van der Waals surface area contributed by atoms with Crippen LogP contribution in [0.1, 0.15) is 32.2 Å². The molecule has 1 amide bonds. The first kappa shape index (κ1) is 16.2. The summed E-state index contributed by atoms with van der Waals surface area (Å²) in [4.78, 5) is 13.5. The number of para-hydroxylation sites is 1. The number of benzene rings is 1. The van der Waals surface area contributed by atoms with Crippen molar-refractivity contribution in [3.05, 3.63) is 75.2 Å². The van der Waals surface area contributed by atoms with Gasteiger partial charge in [0, 0.05) is 22.0 Å². The fraction of sp³-hybridized carbons (Fsp3) is 0.158. The molecule has 0 radical (unpaired) electrons. The van der Waals surface area contributed by atoms with E-state index in [2.05, 4.69) is 15.1 Å². The number of thiophene rings is 1. The van der Waals surface area contributed by atoms with Crippen LogP contribution in [0.15, 0.2) is 52.9 Å². The quantitative estimate of drug-likeness (QED) is 0.562. The van der Waals surface area contributed by atoms with E-state index in [-0.39, 0.29) is 5.91 Å². The largest absolute Gasteiger partial charge is 0.318 e. The highest BCUT2D eigenvalue weighted by atomic mass is 32.1. The molecular weight excluding hydrogens is 318 g/mol. The number of nitrogens with one attached hydrogen (secondary N) is 1. The van der Waals surface area contributed by atoms with Crippen molar-refractivity contribution < 1.29 is 4.79 Å². The Morgan fingerprint density at radius 2 is 1.92 bits per heavy atom. The number of aromatic nitrogens is 1. The van der Waals surface area contributed by atoms with Crippen LogP contribution < -0.4 is 5.43 Å². The Bertz CT molecular complexity index is 891.